The number of carbonyl (C=O) groups is 3. The summed E-state index contributed by atoms with van der Waals surface area (Å²) in [7, 11) is 0. The smallest absolute Gasteiger partial charge is 0.303 e. The van der Waals surface area contributed by atoms with Crippen molar-refractivity contribution < 1.29 is 24.2 Å². The van der Waals surface area contributed by atoms with Gasteiger partial charge < -0.3 is 9.84 Å². The van der Waals surface area contributed by atoms with Gasteiger partial charge in [0.1, 0.15) is 5.76 Å². The summed E-state index contributed by atoms with van der Waals surface area (Å²) in [4.78, 5) is 35.4. The van der Waals surface area contributed by atoms with Crippen molar-refractivity contribution >= 4 is 17.5 Å². The molecular formula is C16H18O5. The second-order valence-electron chi connectivity index (χ2n) is 4.81. The Kier molecular flexibility index (Phi) is 5.02. The Bertz CT molecular complexity index is 604. The topological polar surface area (TPSA) is 80.7 Å². The molecule has 1 unspecified atom stereocenters. The maximum atomic E-state index is 12.1. The van der Waals surface area contributed by atoms with Crippen LogP contribution in [0.3, 0.4) is 0 Å². The molecule has 0 heterocycles. The van der Waals surface area contributed by atoms with Crippen LogP contribution in [0.2, 0.25) is 0 Å². The van der Waals surface area contributed by atoms with Crippen LogP contribution in [0.4, 0.5) is 0 Å². The van der Waals surface area contributed by atoms with E-state index in [0.717, 1.165) is 0 Å². The number of aliphatic hydroxyl groups is 1. The van der Waals surface area contributed by atoms with Crippen LogP contribution in [0, 0.1) is 0 Å². The maximum Gasteiger partial charge on any atom is 0.303 e. The highest BCUT2D eigenvalue weighted by atomic mass is 16.6. The summed E-state index contributed by atoms with van der Waals surface area (Å²) in [6.07, 6.45) is 7.36. The number of allylic oxidation sites excluding steroid dienone is 5. The highest BCUT2D eigenvalue weighted by molar-refractivity contribution is 6.14. The van der Waals surface area contributed by atoms with Crippen LogP contribution >= 0.6 is 0 Å². The molecule has 1 aliphatic carbocycles. The van der Waals surface area contributed by atoms with Gasteiger partial charge in [-0.15, -0.1) is 0 Å². The zero-order valence-corrected chi connectivity index (χ0v) is 12.5. The van der Waals surface area contributed by atoms with Crippen LogP contribution in [0.25, 0.3) is 0 Å². The van der Waals surface area contributed by atoms with Crippen molar-refractivity contribution in [1.29, 1.82) is 0 Å². The first kappa shape index (κ1) is 16.6. The minimum atomic E-state index is -1.58. The van der Waals surface area contributed by atoms with E-state index in [-0.39, 0.29) is 16.9 Å². The third-order valence-corrected chi connectivity index (χ3v) is 2.99. The number of rotatable bonds is 4. The van der Waals surface area contributed by atoms with Crippen molar-refractivity contribution in [1.82, 2.24) is 0 Å². The standard InChI is InChI=1S/C16H18O5/c1-5-6-7-8-13(18)12-9-16(4,21-11(3)17)15(20)10(2)14(12)19/h5-9,19H,1-4H3/b6-5+,8-7+. The third-order valence-electron chi connectivity index (χ3n) is 2.99. The molecule has 0 aromatic heterocycles. The van der Waals surface area contributed by atoms with Gasteiger partial charge in [-0.05, 0) is 32.9 Å². The number of carbonyl (C=O) groups excluding carboxylic acids is 3. The minimum Gasteiger partial charge on any atom is -0.507 e. The number of ether oxygens (including phenoxy) is 1. The molecule has 0 saturated heterocycles. The van der Waals surface area contributed by atoms with Gasteiger partial charge in [0.05, 0.1) is 5.57 Å². The molecule has 0 radical (unpaired) electrons. The number of aliphatic hydroxyl groups excluding tert-OH is 1. The van der Waals surface area contributed by atoms with E-state index in [4.69, 9.17) is 4.74 Å². The van der Waals surface area contributed by atoms with Gasteiger partial charge in [-0.1, -0.05) is 18.2 Å². The van der Waals surface area contributed by atoms with Gasteiger partial charge in [0.2, 0.25) is 5.78 Å². The molecule has 0 aliphatic heterocycles. The monoisotopic (exact) mass is 290 g/mol. The molecule has 5 nitrogen and oxygen atoms in total. The fourth-order valence-electron chi connectivity index (χ4n) is 2.00. The summed E-state index contributed by atoms with van der Waals surface area (Å²) in [6, 6.07) is 0. The second kappa shape index (κ2) is 6.35. The van der Waals surface area contributed by atoms with Gasteiger partial charge in [0, 0.05) is 12.5 Å². The molecule has 0 bridgehead atoms. The van der Waals surface area contributed by atoms with E-state index in [0.29, 0.717) is 0 Å². The summed E-state index contributed by atoms with van der Waals surface area (Å²) in [5.74, 6) is -2.06. The van der Waals surface area contributed by atoms with E-state index < -0.39 is 23.1 Å². The predicted molar refractivity (Wildman–Crippen MR) is 77.6 cm³/mol. The molecule has 0 aromatic carbocycles. The van der Waals surface area contributed by atoms with Crippen LogP contribution in [0.1, 0.15) is 27.7 Å². The van der Waals surface area contributed by atoms with Crippen molar-refractivity contribution in [2.75, 3.05) is 0 Å². The Balaban J connectivity index is 3.27. The summed E-state index contributed by atoms with van der Waals surface area (Å²) in [6.45, 7) is 5.74. The molecule has 112 valence electrons. The quantitative estimate of drug-likeness (QED) is 0.488. The first-order chi connectivity index (χ1) is 9.73. The lowest BCUT2D eigenvalue weighted by Crippen LogP contribution is -2.42. The van der Waals surface area contributed by atoms with Gasteiger partial charge in [-0.2, -0.15) is 0 Å². The Morgan fingerprint density at radius 2 is 1.95 bits per heavy atom. The average Bonchev–Trinajstić information content (AvgIpc) is 2.40. The van der Waals surface area contributed by atoms with Crippen molar-refractivity contribution in [2.24, 2.45) is 0 Å². The number of esters is 1. The van der Waals surface area contributed by atoms with Gasteiger partial charge in [-0.25, -0.2) is 0 Å². The Morgan fingerprint density at radius 1 is 1.33 bits per heavy atom. The number of ketones is 2. The van der Waals surface area contributed by atoms with Crippen LogP contribution < -0.4 is 0 Å². The van der Waals surface area contributed by atoms with E-state index in [2.05, 4.69) is 0 Å². The van der Waals surface area contributed by atoms with Gasteiger partial charge in [0.15, 0.2) is 11.4 Å². The SMILES string of the molecule is C/C=C/C=C/C(=O)C1=CC(C)(OC(C)=O)C(=O)C(C)=C1O. The lowest BCUT2D eigenvalue weighted by Gasteiger charge is -2.29. The Labute approximate surface area is 123 Å². The zero-order valence-electron chi connectivity index (χ0n) is 12.5. The van der Waals surface area contributed by atoms with Crippen molar-refractivity contribution in [3.63, 3.8) is 0 Å². The maximum absolute atomic E-state index is 12.1. The van der Waals surface area contributed by atoms with E-state index in [1.807, 2.05) is 0 Å². The summed E-state index contributed by atoms with van der Waals surface area (Å²) in [5.41, 5.74) is -1.65. The normalized spacial score (nSPS) is 22.9. The number of hydrogen-bond donors (Lipinski definition) is 1. The molecular weight excluding hydrogens is 272 g/mol. The predicted octanol–water partition coefficient (Wildman–Crippen LogP) is 2.35. The minimum absolute atomic E-state index is 0.0102. The summed E-state index contributed by atoms with van der Waals surface area (Å²) >= 11 is 0. The molecule has 21 heavy (non-hydrogen) atoms. The fourth-order valence-corrected chi connectivity index (χ4v) is 2.00. The van der Waals surface area contributed by atoms with Crippen LogP contribution in [0.15, 0.2) is 47.3 Å². The molecule has 5 heteroatoms. The summed E-state index contributed by atoms with van der Waals surface area (Å²) in [5, 5.41) is 9.98. The Morgan fingerprint density at radius 3 is 2.48 bits per heavy atom. The third kappa shape index (κ3) is 3.56. The van der Waals surface area contributed by atoms with Gasteiger partial charge in [-0.3, -0.25) is 14.4 Å². The molecule has 1 atom stereocenters. The molecule has 0 saturated carbocycles. The number of Topliss-reactive ketones (excluding diaryl/α,β-unsaturated/α-hetero) is 1. The molecule has 0 aromatic rings. The Hall–Kier alpha value is -2.43. The second-order valence-corrected chi connectivity index (χ2v) is 4.81. The molecule has 1 aliphatic rings. The molecule has 0 fully saturated rings. The summed E-state index contributed by atoms with van der Waals surface area (Å²) < 4.78 is 5.02. The van der Waals surface area contributed by atoms with Crippen molar-refractivity contribution in [3.8, 4) is 0 Å². The lowest BCUT2D eigenvalue weighted by atomic mass is 9.84. The van der Waals surface area contributed by atoms with E-state index in [1.54, 1.807) is 19.1 Å². The van der Waals surface area contributed by atoms with Crippen molar-refractivity contribution in [3.05, 3.63) is 47.3 Å². The number of hydrogen-bond acceptors (Lipinski definition) is 5. The van der Waals surface area contributed by atoms with Crippen LogP contribution in [-0.4, -0.2) is 28.2 Å². The van der Waals surface area contributed by atoms with Crippen LogP contribution in [-0.2, 0) is 19.1 Å². The molecule has 1 rings (SSSR count). The highest BCUT2D eigenvalue weighted by Gasteiger charge is 2.41. The van der Waals surface area contributed by atoms with Crippen molar-refractivity contribution in [2.45, 2.75) is 33.3 Å². The van der Waals surface area contributed by atoms with Gasteiger partial charge >= 0.3 is 5.97 Å². The molecule has 0 spiro atoms. The largest absolute Gasteiger partial charge is 0.507 e. The van der Waals surface area contributed by atoms with E-state index in [9.17, 15) is 19.5 Å². The highest BCUT2D eigenvalue weighted by Crippen LogP contribution is 2.30. The zero-order chi connectivity index (χ0) is 16.2. The van der Waals surface area contributed by atoms with Gasteiger partial charge in [0.25, 0.3) is 0 Å². The average molecular weight is 290 g/mol. The van der Waals surface area contributed by atoms with E-state index >= 15 is 0 Å². The first-order valence-electron chi connectivity index (χ1n) is 6.44. The van der Waals surface area contributed by atoms with E-state index in [1.165, 1.54) is 39.0 Å². The molecule has 0 amide bonds. The van der Waals surface area contributed by atoms with Crippen LogP contribution in [0.5, 0.6) is 0 Å². The fraction of sp³-hybridized carbons (Fsp3) is 0.312. The first-order valence-corrected chi connectivity index (χ1v) is 6.44. The molecule has 1 N–H and O–H groups in total. The lowest BCUT2D eigenvalue weighted by molar-refractivity contribution is -0.157.